The van der Waals surface area contributed by atoms with Crippen molar-refractivity contribution >= 4 is 17.8 Å². The molecule has 0 aliphatic heterocycles. The second-order valence-electron chi connectivity index (χ2n) is 10.0. The molecule has 0 saturated heterocycles. The molecule has 2 aromatic rings. The number of ether oxygens (including phenoxy) is 7. The van der Waals surface area contributed by atoms with Crippen LogP contribution in [0.1, 0.15) is 43.1 Å². The number of carbonyl (C=O) groups excluding carboxylic acids is 3. The van der Waals surface area contributed by atoms with Crippen molar-refractivity contribution in [3.63, 3.8) is 0 Å². The SMILES string of the molecule is CC(C)(C)OC(=O)CCOCCOCCOCCOCCNC(=O)COc1cccc(C(=O)OCc2ccccc2)c1. The monoisotopic (exact) mass is 589 g/mol. The van der Waals surface area contributed by atoms with Gasteiger partial charge in [0.1, 0.15) is 18.0 Å². The number of benzene rings is 2. The molecule has 2 aromatic carbocycles. The fraction of sp³-hybridized carbons (Fsp3) is 0.516. The molecule has 0 aliphatic rings. The van der Waals surface area contributed by atoms with Crippen LogP contribution >= 0.6 is 0 Å². The fourth-order valence-electron chi connectivity index (χ4n) is 3.29. The first-order valence-electron chi connectivity index (χ1n) is 14.0. The van der Waals surface area contributed by atoms with Gasteiger partial charge in [-0.25, -0.2) is 4.79 Å². The van der Waals surface area contributed by atoms with Crippen LogP contribution in [-0.4, -0.2) is 89.5 Å². The van der Waals surface area contributed by atoms with Crippen LogP contribution in [0.15, 0.2) is 54.6 Å². The number of hydrogen-bond acceptors (Lipinski definition) is 10. The quantitative estimate of drug-likeness (QED) is 0.171. The average Bonchev–Trinajstić information content (AvgIpc) is 2.96. The lowest BCUT2D eigenvalue weighted by atomic mass is 10.2. The van der Waals surface area contributed by atoms with E-state index in [9.17, 15) is 14.4 Å². The summed E-state index contributed by atoms with van der Waals surface area (Å²) in [5, 5.41) is 2.71. The highest BCUT2D eigenvalue weighted by atomic mass is 16.6. The summed E-state index contributed by atoms with van der Waals surface area (Å²) in [6.45, 7) is 8.81. The minimum Gasteiger partial charge on any atom is -0.484 e. The van der Waals surface area contributed by atoms with Crippen molar-refractivity contribution in [1.82, 2.24) is 5.32 Å². The lowest BCUT2D eigenvalue weighted by molar-refractivity contribution is -0.156. The minimum absolute atomic E-state index is 0.173. The molecule has 0 radical (unpaired) electrons. The van der Waals surface area contributed by atoms with Crippen LogP contribution < -0.4 is 10.1 Å². The molecule has 0 atom stereocenters. The van der Waals surface area contributed by atoms with E-state index in [1.807, 2.05) is 51.1 Å². The topological polar surface area (TPSA) is 128 Å². The molecule has 1 amide bonds. The molecule has 42 heavy (non-hydrogen) atoms. The molecule has 0 aromatic heterocycles. The molecule has 0 saturated carbocycles. The van der Waals surface area contributed by atoms with Gasteiger partial charge < -0.3 is 38.5 Å². The predicted octanol–water partition coefficient (Wildman–Crippen LogP) is 3.34. The van der Waals surface area contributed by atoms with Gasteiger partial charge in [-0.15, -0.1) is 0 Å². The number of rotatable bonds is 21. The Morgan fingerprint density at radius 2 is 1.36 bits per heavy atom. The maximum Gasteiger partial charge on any atom is 0.338 e. The Morgan fingerprint density at radius 3 is 2.00 bits per heavy atom. The van der Waals surface area contributed by atoms with E-state index in [0.717, 1.165) is 5.56 Å². The van der Waals surface area contributed by atoms with Crippen LogP contribution in [0.3, 0.4) is 0 Å². The Bertz CT molecular complexity index is 1060. The Hall–Kier alpha value is -3.51. The molecule has 1 N–H and O–H groups in total. The van der Waals surface area contributed by atoms with Gasteiger partial charge in [0.25, 0.3) is 5.91 Å². The van der Waals surface area contributed by atoms with E-state index in [1.54, 1.807) is 18.2 Å². The van der Waals surface area contributed by atoms with E-state index >= 15 is 0 Å². The van der Waals surface area contributed by atoms with Crippen molar-refractivity contribution in [3.8, 4) is 5.75 Å². The van der Waals surface area contributed by atoms with Gasteiger partial charge in [-0.3, -0.25) is 9.59 Å². The van der Waals surface area contributed by atoms with E-state index in [1.165, 1.54) is 6.07 Å². The molecule has 0 unspecified atom stereocenters. The van der Waals surface area contributed by atoms with Gasteiger partial charge in [0.05, 0.1) is 64.8 Å². The second-order valence-corrected chi connectivity index (χ2v) is 10.0. The van der Waals surface area contributed by atoms with Crippen molar-refractivity contribution in [3.05, 3.63) is 65.7 Å². The summed E-state index contributed by atoms with van der Waals surface area (Å²) in [7, 11) is 0. The highest BCUT2D eigenvalue weighted by molar-refractivity contribution is 5.89. The zero-order valence-electron chi connectivity index (χ0n) is 24.8. The largest absolute Gasteiger partial charge is 0.484 e. The molecule has 0 bridgehead atoms. The van der Waals surface area contributed by atoms with Crippen LogP contribution in [0.4, 0.5) is 0 Å². The third-order valence-electron chi connectivity index (χ3n) is 5.21. The Morgan fingerprint density at radius 1 is 0.738 bits per heavy atom. The van der Waals surface area contributed by atoms with Crippen LogP contribution in [0.25, 0.3) is 0 Å². The van der Waals surface area contributed by atoms with Gasteiger partial charge in [0.2, 0.25) is 0 Å². The molecule has 0 fully saturated rings. The minimum atomic E-state index is -0.490. The van der Waals surface area contributed by atoms with Crippen molar-refractivity contribution in [2.75, 3.05) is 66.0 Å². The Kier molecular flexibility index (Phi) is 16.8. The number of amides is 1. The summed E-state index contributed by atoms with van der Waals surface area (Å²) in [5.41, 5.74) is 0.743. The van der Waals surface area contributed by atoms with Crippen molar-refractivity contribution in [1.29, 1.82) is 0 Å². The van der Waals surface area contributed by atoms with E-state index < -0.39 is 11.6 Å². The molecule has 2 rings (SSSR count). The molecular formula is C31H43NO10. The van der Waals surface area contributed by atoms with Gasteiger partial charge in [-0.2, -0.15) is 0 Å². The van der Waals surface area contributed by atoms with Crippen LogP contribution in [0.2, 0.25) is 0 Å². The van der Waals surface area contributed by atoms with Crippen LogP contribution in [0, 0.1) is 0 Å². The normalized spacial score (nSPS) is 11.1. The number of nitrogens with one attached hydrogen (secondary N) is 1. The van der Waals surface area contributed by atoms with E-state index in [2.05, 4.69) is 5.32 Å². The molecule has 0 aliphatic carbocycles. The first-order valence-corrected chi connectivity index (χ1v) is 14.0. The van der Waals surface area contributed by atoms with Gasteiger partial charge >= 0.3 is 11.9 Å². The molecule has 11 heteroatoms. The molecule has 232 valence electrons. The summed E-state index contributed by atoms with van der Waals surface area (Å²) < 4.78 is 37.6. The van der Waals surface area contributed by atoms with Crippen molar-refractivity contribution < 1.29 is 47.5 Å². The summed E-state index contributed by atoms with van der Waals surface area (Å²) in [5.74, 6) is -0.671. The van der Waals surface area contributed by atoms with E-state index in [-0.39, 0.29) is 31.5 Å². The van der Waals surface area contributed by atoms with Gasteiger partial charge in [0, 0.05) is 6.54 Å². The number of carbonyl (C=O) groups is 3. The second kappa shape index (κ2) is 20.4. The van der Waals surface area contributed by atoms with Crippen LogP contribution in [-0.2, 0) is 44.6 Å². The third-order valence-corrected chi connectivity index (χ3v) is 5.21. The van der Waals surface area contributed by atoms with E-state index in [4.69, 9.17) is 33.2 Å². The fourth-order valence-corrected chi connectivity index (χ4v) is 3.29. The van der Waals surface area contributed by atoms with E-state index in [0.29, 0.717) is 70.7 Å². The number of esters is 2. The van der Waals surface area contributed by atoms with Gasteiger partial charge in [-0.1, -0.05) is 36.4 Å². The third kappa shape index (κ3) is 17.3. The van der Waals surface area contributed by atoms with Crippen molar-refractivity contribution in [2.24, 2.45) is 0 Å². The smallest absolute Gasteiger partial charge is 0.338 e. The van der Waals surface area contributed by atoms with Crippen LogP contribution in [0.5, 0.6) is 5.75 Å². The summed E-state index contributed by atoms with van der Waals surface area (Å²) in [6, 6.07) is 15.9. The standard InChI is InChI=1S/C31H43NO10/c1-31(2,3)42-29(34)12-14-36-16-18-38-20-21-39-19-17-37-15-13-32-28(33)24-40-27-11-7-10-26(22-27)30(35)41-23-25-8-5-4-6-9-25/h4-11,22H,12-21,23-24H2,1-3H3,(H,32,33). The predicted molar refractivity (Wildman–Crippen MR) is 154 cm³/mol. The molecule has 11 nitrogen and oxygen atoms in total. The first-order chi connectivity index (χ1) is 20.2. The zero-order valence-corrected chi connectivity index (χ0v) is 24.8. The maximum absolute atomic E-state index is 12.3. The number of hydrogen-bond donors (Lipinski definition) is 1. The summed E-state index contributed by atoms with van der Waals surface area (Å²) in [4.78, 5) is 35.9. The lowest BCUT2D eigenvalue weighted by Crippen LogP contribution is -2.32. The molecular weight excluding hydrogens is 546 g/mol. The lowest BCUT2D eigenvalue weighted by Gasteiger charge is -2.19. The molecule has 0 heterocycles. The highest BCUT2D eigenvalue weighted by Gasteiger charge is 2.15. The average molecular weight is 590 g/mol. The maximum atomic E-state index is 12.3. The summed E-state index contributed by atoms with van der Waals surface area (Å²) >= 11 is 0. The van der Waals surface area contributed by atoms with Crippen molar-refractivity contribution in [2.45, 2.75) is 39.4 Å². The van der Waals surface area contributed by atoms with Gasteiger partial charge in [-0.05, 0) is 44.5 Å². The highest BCUT2D eigenvalue weighted by Crippen LogP contribution is 2.15. The molecule has 0 spiro atoms. The summed E-state index contributed by atoms with van der Waals surface area (Å²) in [6.07, 6.45) is 0.210. The first kappa shape index (κ1) is 34.7. The van der Waals surface area contributed by atoms with Gasteiger partial charge in [0.15, 0.2) is 6.61 Å². The zero-order chi connectivity index (χ0) is 30.5. The Labute approximate surface area is 247 Å². The Balaban J connectivity index is 1.40.